The maximum Gasteiger partial charge on any atom is 0.129 e. The Kier molecular flexibility index (Phi) is 4.58. The van der Waals surface area contributed by atoms with E-state index in [-0.39, 0.29) is 0 Å². The van der Waals surface area contributed by atoms with Crippen LogP contribution >= 0.6 is 15.9 Å². The van der Waals surface area contributed by atoms with Crippen LogP contribution in [0.15, 0.2) is 16.6 Å². The molecule has 0 amide bonds. The van der Waals surface area contributed by atoms with Gasteiger partial charge in [0, 0.05) is 17.1 Å². The van der Waals surface area contributed by atoms with Crippen LogP contribution in [-0.4, -0.2) is 17.6 Å². The van der Waals surface area contributed by atoms with E-state index < -0.39 is 0 Å². The Morgan fingerprint density at radius 3 is 2.53 bits per heavy atom. The van der Waals surface area contributed by atoms with Crippen LogP contribution in [0, 0.1) is 6.92 Å². The summed E-state index contributed by atoms with van der Waals surface area (Å²) in [5.74, 6) is 1.08. The summed E-state index contributed by atoms with van der Waals surface area (Å²) in [6, 6.07) is 4.69. The number of hydrogen-bond donors (Lipinski definition) is 0. The summed E-state index contributed by atoms with van der Waals surface area (Å²) in [7, 11) is 0. The molecule has 0 radical (unpaired) electrons. The first-order valence-corrected chi connectivity index (χ1v) is 6.29. The quantitative estimate of drug-likeness (QED) is 0.828. The molecule has 0 fully saturated rings. The van der Waals surface area contributed by atoms with E-state index in [9.17, 15) is 0 Å². The standard InChI is InChI=1S/C12H19BrN2/c1-5-9(3)15(6-2)12-8-7-11(13)10(4)14-12/h7-9H,5-6H2,1-4H3. The Morgan fingerprint density at radius 2 is 2.07 bits per heavy atom. The molecule has 1 unspecified atom stereocenters. The molecular weight excluding hydrogens is 252 g/mol. The summed E-state index contributed by atoms with van der Waals surface area (Å²) in [5, 5.41) is 0. The lowest BCUT2D eigenvalue weighted by atomic mass is 10.2. The molecule has 0 aromatic carbocycles. The van der Waals surface area contributed by atoms with Crippen molar-refractivity contribution < 1.29 is 0 Å². The maximum absolute atomic E-state index is 4.59. The van der Waals surface area contributed by atoms with E-state index >= 15 is 0 Å². The molecule has 0 aliphatic rings. The highest BCUT2D eigenvalue weighted by atomic mass is 79.9. The highest BCUT2D eigenvalue weighted by Crippen LogP contribution is 2.21. The smallest absolute Gasteiger partial charge is 0.129 e. The summed E-state index contributed by atoms with van der Waals surface area (Å²) in [4.78, 5) is 6.92. The van der Waals surface area contributed by atoms with Gasteiger partial charge in [-0.05, 0) is 55.3 Å². The third-order valence-electron chi connectivity index (χ3n) is 2.76. The van der Waals surface area contributed by atoms with Gasteiger partial charge >= 0.3 is 0 Å². The molecule has 1 aromatic rings. The van der Waals surface area contributed by atoms with Gasteiger partial charge in [-0.25, -0.2) is 4.98 Å². The molecule has 84 valence electrons. The maximum atomic E-state index is 4.59. The topological polar surface area (TPSA) is 16.1 Å². The normalized spacial score (nSPS) is 12.6. The van der Waals surface area contributed by atoms with E-state index in [1.165, 1.54) is 0 Å². The minimum absolute atomic E-state index is 0.545. The molecule has 0 spiro atoms. The number of nitrogens with zero attached hydrogens (tertiary/aromatic N) is 2. The molecule has 2 nitrogen and oxygen atoms in total. The SMILES string of the molecule is CCC(C)N(CC)c1ccc(Br)c(C)n1. The average Bonchev–Trinajstić information content (AvgIpc) is 2.24. The van der Waals surface area contributed by atoms with Crippen LogP contribution in [-0.2, 0) is 0 Å². The van der Waals surface area contributed by atoms with Gasteiger partial charge < -0.3 is 4.90 Å². The van der Waals surface area contributed by atoms with Crippen LogP contribution in [0.5, 0.6) is 0 Å². The first-order valence-electron chi connectivity index (χ1n) is 5.49. The number of rotatable bonds is 4. The van der Waals surface area contributed by atoms with E-state index in [0.29, 0.717) is 6.04 Å². The van der Waals surface area contributed by atoms with Crippen molar-refractivity contribution in [3.63, 3.8) is 0 Å². The molecule has 15 heavy (non-hydrogen) atoms. The Morgan fingerprint density at radius 1 is 1.40 bits per heavy atom. The summed E-state index contributed by atoms with van der Waals surface area (Å²) >= 11 is 3.47. The van der Waals surface area contributed by atoms with Crippen LogP contribution in [0.4, 0.5) is 5.82 Å². The first-order chi connectivity index (χ1) is 7.10. The number of halogens is 1. The van der Waals surface area contributed by atoms with Crippen molar-refractivity contribution in [2.24, 2.45) is 0 Å². The van der Waals surface area contributed by atoms with Crippen LogP contribution < -0.4 is 4.90 Å². The molecule has 1 aromatic heterocycles. The fourth-order valence-corrected chi connectivity index (χ4v) is 1.83. The predicted octanol–water partition coefficient (Wildman–Crippen LogP) is 3.78. The van der Waals surface area contributed by atoms with Crippen LogP contribution in [0.3, 0.4) is 0 Å². The minimum atomic E-state index is 0.545. The fraction of sp³-hybridized carbons (Fsp3) is 0.583. The largest absolute Gasteiger partial charge is 0.354 e. The monoisotopic (exact) mass is 270 g/mol. The second-order valence-corrected chi connectivity index (χ2v) is 4.63. The van der Waals surface area contributed by atoms with Gasteiger partial charge in [-0.1, -0.05) is 6.92 Å². The van der Waals surface area contributed by atoms with Gasteiger partial charge in [0.2, 0.25) is 0 Å². The minimum Gasteiger partial charge on any atom is -0.354 e. The summed E-state index contributed by atoms with van der Waals surface area (Å²) < 4.78 is 1.08. The van der Waals surface area contributed by atoms with Crippen molar-refractivity contribution >= 4 is 21.7 Å². The van der Waals surface area contributed by atoms with E-state index in [2.05, 4.69) is 58.7 Å². The highest BCUT2D eigenvalue weighted by molar-refractivity contribution is 9.10. The molecule has 0 saturated heterocycles. The zero-order valence-corrected chi connectivity index (χ0v) is 11.5. The van der Waals surface area contributed by atoms with Gasteiger partial charge in [-0.3, -0.25) is 0 Å². The van der Waals surface area contributed by atoms with Gasteiger partial charge in [0.15, 0.2) is 0 Å². The van der Waals surface area contributed by atoms with Crippen LogP contribution in [0.2, 0.25) is 0 Å². The molecule has 3 heteroatoms. The van der Waals surface area contributed by atoms with Crippen molar-refractivity contribution in [2.75, 3.05) is 11.4 Å². The van der Waals surface area contributed by atoms with Crippen molar-refractivity contribution in [3.05, 3.63) is 22.3 Å². The van der Waals surface area contributed by atoms with Gasteiger partial charge in [0.25, 0.3) is 0 Å². The zero-order chi connectivity index (χ0) is 11.4. The van der Waals surface area contributed by atoms with E-state index in [4.69, 9.17) is 0 Å². The third kappa shape index (κ3) is 2.94. The number of hydrogen-bond acceptors (Lipinski definition) is 2. The van der Waals surface area contributed by atoms with E-state index in [1.807, 2.05) is 6.92 Å². The molecule has 0 N–H and O–H groups in total. The van der Waals surface area contributed by atoms with Crippen molar-refractivity contribution in [3.8, 4) is 0 Å². The Labute approximate surface area is 101 Å². The molecular formula is C12H19BrN2. The highest BCUT2D eigenvalue weighted by Gasteiger charge is 2.12. The lowest BCUT2D eigenvalue weighted by Gasteiger charge is -2.28. The van der Waals surface area contributed by atoms with Gasteiger partial charge in [0.05, 0.1) is 5.69 Å². The number of anilines is 1. The van der Waals surface area contributed by atoms with Gasteiger partial charge in [0.1, 0.15) is 5.82 Å². The van der Waals surface area contributed by atoms with E-state index in [0.717, 1.165) is 29.0 Å². The van der Waals surface area contributed by atoms with E-state index in [1.54, 1.807) is 0 Å². The number of aryl methyl sites for hydroxylation is 1. The molecule has 0 bridgehead atoms. The first kappa shape index (κ1) is 12.5. The van der Waals surface area contributed by atoms with Crippen molar-refractivity contribution in [1.82, 2.24) is 4.98 Å². The van der Waals surface area contributed by atoms with Crippen LogP contribution in [0.25, 0.3) is 0 Å². The summed E-state index contributed by atoms with van der Waals surface area (Å²) in [5.41, 5.74) is 1.05. The zero-order valence-electron chi connectivity index (χ0n) is 9.92. The Hall–Kier alpha value is -0.570. The van der Waals surface area contributed by atoms with Crippen molar-refractivity contribution in [1.29, 1.82) is 0 Å². The second kappa shape index (κ2) is 5.50. The summed E-state index contributed by atoms with van der Waals surface area (Å²) in [6.07, 6.45) is 1.14. The number of aromatic nitrogens is 1. The van der Waals surface area contributed by atoms with Crippen LogP contribution in [0.1, 0.15) is 32.9 Å². The molecule has 0 saturated carbocycles. The molecule has 0 aliphatic heterocycles. The lowest BCUT2D eigenvalue weighted by molar-refractivity contribution is 0.622. The molecule has 0 aliphatic carbocycles. The predicted molar refractivity (Wildman–Crippen MR) is 69.4 cm³/mol. The average molecular weight is 271 g/mol. The Balaban J connectivity index is 2.97. The third-order valence-corrected chi connectivity index (χ3v) is 3.60. The Bertz CT molecular complexity index is 325. The fourth-order valence-electron chi connectivity index (χ4n) is 1.61. The lowest BCUT2D eigenvalue weighted by Crippen LogP contribution is -2.33. The van der Waals surface area contributed by atoms with Gasteiger partial charge in [-0.15, -0.1) is 0 Å². The molecule has 1 rings (SSSR count). The molecule has 1 heterocycles. The number of pyridine rings is 1. The molecule has 1 atom stereocenters. The second-order valence-electron chi connectivity index (χ2n) is 3.78. The summed E-state index contributed by atoms with van der Waals surface area (Å²) in [6.45, 7) is 9.65. The van der Waals surface area contributed by atoms with Crippen molar-refractivity contribution in [2.45, 2.75) is 40.2 Å². The van der Waals surface area contributed by atoms with Gasteiger partial charge in [-0.2, -0.15) is 0 Å².